The first-order chi connectivity index (χ1) is 12.6. The van der Waals surface area contributed by atoms with Gasteiger partial charge in [-0.3, -0.25) is 4.90 Å². The number of hydrogen-bond acceptors (Lipinski definition) is 7. The van der Waals surface area contributed by atoms with Crippen LogP contribution in [0.1, 0.15) is 17.5 Å². The van der Waals surface area contributed by atoms with Crippen molar-refractivity contribution in [3.8, 4) is 5.75 Å². The molecule has 7 nitrogen and oxygen atoms in total. The van der Waals surface area contributed by atoms with Gasteiger partial charge in [-0.15, -0.1) is 0 Å². The Balaban J connectivity index is 1.71. The lowest BCUT2D eigenvalue weighted by Gasteiger charge is -2.41. The zero-order valence-electron chi connectivity index (χ0n) is 15.4. The lowest BCUT2D eigenvalue weighted by atomic mass is 10.1. The largest absolute Gasteiger partial charge is 0.496 e. The highest BCUT2D eigenvalue weighted by Gasteiger charge is 2.28. The summed E-state index contributed by atoms with van der Waals surface area (Å²) in [5.74, 6) is 2.04. The molecule has 3 rings (SSSR count). The van der Waals surface area contributed by atoms with Crippen LogP contribution in [0.3, 0.4) is 0 Å². The van der Waals surface area contributed by atoms with Gasteiger partial charge in [0.1, 0.15) is 11.6 Å². The second-order valence-electron chi connectivity index (χ2n) is 6.67. The summed E-state index contributed by atoms with van der Waals surface area (Å²) < 4.78 is 5.34. The first kappa shape index (κ1) is 18.4. The van der Waals surface area contributed by atoms with E-state index in [4.69, 9.17) is 10.5 Å². The van der Waals surface area contributed by atoms with Crippen molar-refractivity contribution in [1.82, 2.24) is 14.9 Å². The normalized spacial score (nSPS) is 18.1. The number of aryl methyl sites for hydroxylation is 1. The fourth-order valence-electron chi connectivity index (χ4n) is 3.49. The van der Waals surface area contributed by atoms with Crippen molar-refractivity contribution in [2.45, 2.75) is 25.9 Å². The predicted octanol–water partition coefficient (Wildman–Crippen LogP) is 1.45. The van der Waals surface area contributed by atoms with Crippen molar-refractivity contribution in [2.24, 2.45) is 0 Å². The number of nitrogens with two attached hydrogens (primary N) is 1. The summed E-state index contributed by atoms with van der Waals surface area (Å²) in [6.07, 6.45) is 2.40. The zero-order valence-corrected chi connectivity index (χ0v) is 15.4. The van der Waals surface area contributed by atoms with Gasteiger partial charge in [0.25, 0.3) is 0 Å². The molecule has 2 heterocycles. The Morgan fingerprint density at radius 2 is 2.15 bits per heavy atom. The van der Waals surface area contributed by atoms with Crippen molar-refractivity contribution in [3.63, 3.8) is 0 Å². The maximum absolute atomic E-state index is 9.50. The molecule has 0 aliphatic carbocycles. The van der Waals surface area contributed by atoms with E-state index in [0.29, 0.717) is 18.2 Å². The van der Waals surface area contributed by atoms with Gasteiger partial charge in [-0.1, -0.05) is 12.1 Å². The van der Waals surface area contributed by atoms with Crippen molar-refractivity contribution < 1.29 is 9.84 Å². The number of piperazine rings is 1. The molecule has 7 heteroatoms. The number of aromatic nitrogens is 2. The third-order valence-electron chi connectivity index (χ3n) is 4.86. The van der Waals surface area contributed by atoms with Crippen LogP contribution in [-0.4, -0.2) is 59.4 Å². The number of nitrogen functional groups attached to an aromatic ring is 1. The summed E-state index contributed by atoms with van der Waals surface area (Å²) in [7, 11) is 1.69. The monoisotopic (exact) mass is 357 g/mol. The molecule has 0 saturated carbocycles. The van der Waals surface area contributed by atoms with Gasteiger partial charge in [-0.2, -0.15) is 4.98 Å². The number of hydrogen-bond donors (Lipinski definition) is 2. The number of anilines is 2. The second-order valence-corrected chi connectivity index (χ2v) is 6.67. The molecule has 1 unspecified atom stereocenters. The first-order valence-electron chi connectivity index (χ1n) is 8.92. The van der Waals surface area contributed by atoms with Crippen LogP contribution in [0.5, 0.6) is 5.75 Å². The van der Waals surface area contributed by atoms with Crippen LogP contribution >= 0.6 is 0 Å². The number of ether oxygens (including phenoxy) is 1. The fourth-order valence-corrected chi connectivity index (χ4v) is 3.49. The van der Waals surface area contributed by atoms with Gasteiger partial charge in [-0.25, -0.2) is 4.98 Å². The molecule has 1 atom stereocenters. The summed E-state index contributed by atoms with van der Waals surface area (Å²) in [4.78, 5) is 13.2. The molecule has 2 aromatic rings. The molecule has 1 aromatic carbocycles. The van der Waals surface area contributed by atoms with E-state index in [0.717, 1.165) is 37.5 Å². The van der Waals surface area contributed by atoms with Gasteiger partial charge < -0.3 is 20.5 Å². The molecule has 1 aliphatic rings. The topological polar surface area (TPSA) is 87.7 Å². The van der Waals surface area contributed by atoms with Crippen LogP contribution in [0, 0.1) is 6.92 Å². The Morgan fingerprint density at radius 3 is 2.85 bits per heavy atom. The number of aliphatic hydroxyl groups excluding tert-OH is 1. The van der Waals surface area contributed by atoms with Crippen LogP contribution in [0.15, 0.2) is 30.5 Å². The molecule has 26 heavy (non-hydrogen) atoms. The predicted molar refractivity (Wildman–Crippen MR) is 102 cm³/mol. The van der Waals surface area contributed by atoms with Gasteiger partial charge in [-0.05, 0) is 36.6 Å². The summed E-state index contributed by atoms with van der Waals surface area (Å²) >= 11 is 0. The van der Waals surface area contributed by atoms with Gasteiger partial charge >= 0.3 is 0 Å². The van der Waals surface area contributed by atoms with E-state index in [1.54, 1.807) is 19.4 Å². The van der Waals surface area contributed by atoms with Gasteiger partial charge in [0.05, 0.1) is 7.11 Å². The summed E-state index contributed by atoms with van der Waals surface area (Å²) in [5.41, 5.74) is 8.17. The molecule has 1 aromatic heterocycles. The van der Waals surface area contributed by atoms with Crippen molar-refractivity contribution in [2.75, 3.05) is 44.0 Å². The molecular formula is C19H27N5O2. The minimum atomic E-state index is 0.161. The average molecular weight is 357 g/mol. The fraction of sp³-hybridized carbons (Fsp3) is 0.474. The smallest absolute Gasteiger partial charge is 0.227 e. The number of nitrogens with zero attached hydrogens (tertiary/aromatic N) is 4. The number of methoxy groups -OCH3 is 1. The van der Waals surface area contributed by atoms with Crippen LogP contribution in [0.25, 0.3) is 0 Å². The Bertz CT molecular complexity index is 740. The average Bonchev–Trinajstić information content (AvgIpc) is 2.63. The van der Waals surface area contributed by atoms with E-state index in [1.165, 1.54) is 5.56 Å². The highest BCUT2D eigenvalue weighted by atomic mass is 16.5. The Morgan fingerprint density at radius 1 is 1.31 bits per heavy atom. The molecule has 0 spiro atoms. The summed E-state index contributed by atoms with van der Waals surface area (Å²) in [6.45, 7) is 5.56. The van der Waals surface area contributed by atoms with Gasteiger partial charge in [0, 0.05) is 45.0 Å². The molecule has 0 radical (unpaired) electrons. The highest BCUT2D eigenvalue weighted by molar-refractivity contribution is 5.39. The lowest BCUT2D eigenvalue weighted by molar-refractivity contribution is 0.135. The summed E-state index contributed by atoms with van der Waals surface area (Å²) in [6, 6.07) is 8.22. The SMILES string of the molecule is COc1ccc(CN2CCN(c3nccc(N)n3)CC2CCO)cc1C. The standard InChI is InChI=1S/C19H27N5O2/c1-14-11-15(3-4-17(14)26-2)12-23-8-9-24(13-16(23)6-10-25)19-21-7-5-18(20)22-19/h3-5,7,11,16,25H,6,8-10,12-13H2,1-2H3,(H2,20,21,22). The lowest BCUT2D eigenvalue weighted by Crippen LogP contribution is -2.53. The quantitative estimate of drug-likeness (QED) is 0.809. The Kier molecular flexibility index (Phi) is 5.90. The van der Waals surface area contributed by atoms with Gasteiger partial charge in [0.15, 0.2) is 0 Å². The minimum absolute atomic E-state index is 0.161. The van der Waals surface area contributed by atoms with Crippen LogP contribution in [0.2, 0.25) is 0 Å². The molecule has 1 aliphatic heterocycles. The summed E-state index contributed by atoms with van der Waals surface area (Å²) in [5, 5.41) is 9.50. The minimum Gasteiger partial charge on any atom is -0.496 e. The molecule has 0 bridgehead atoms. The van der Waals surface area contributed by atoms with E-state index in [9.17, 15) is 5.11 Å². The van der Waals surface area contributed by atoms with Crippen molar-refractivity contribution >= 4 is 11.8 Å². The second kappa shape index (κ2) is 8.33. The Hall–Kier alpha value is -2.38. The third-order valence-corrected chi connectivity index (χ3v) is 4.86. The number of rotatable bonds is 6. The molecule has 1 saturated heterocycles. The molecule has 0 amide bonds. The molecule has 1 fully saturated rings. The van der Waals surface area contributed by atoms with E-state index in [-0.39, 0.29) is 12.6 Å². The molecular weight excluding hydrogens is 330 g/mol. The number of aliphatic hydroxyl groups is 1. The van der Waals surface area contributed by atoms with Crippen molar-refractivity contribution in [3.05, 3.63) is 41.6 Å². The van der Waals surface area contributed by atoms with Crippen LogP contribution in [0.4, 0.5) is 11.8 Å². The third kappa shape index (κ3) is 4.23. The molecule has 3 N–H and O–H groups in total. The van der Waals surface area contributed by atoms with Crippen LogP contribution < -0.4 is 15.4 Å². The van der Waals surface area contributed by atoms with E-state index < -0.39 is 0 Å². The molecule has 140 valence electrons. The Labute approximate surface area is 154 Å². The van der Waals surface area contributed by atoms with E-state index >= 15 is 0 Å². The zero-order chi connectivity index (χ0) is 18.5. The highest BCUT2D eigenvalue weighted by Crippen LogP contribution is 2.23. The maximum atomic E-state index is 9.50. The maximum Gasteiger partial charge on any atom is 0.227 e. The number of benzene rings is 1. The van der Waals surface area contributed by atoms with Crippen LogP contribution in [-0.2, 0) is 6.54 Å². The van der Waals surface area contributed by atoms with Gasteiger partial charge in [0.2, 0.25) is 5.95 Å². The van der Waals surface area contributed by atoms with E-state index in [2.05, 4.69) is 38.8 Å². The van der Waals surface area contributed by atoms with Crippen molar-refractivity contribution in [1.29, 1.82) is 0 Å². The van der Waals surface area contributed by atoms with E-state index in [1.807, 2.05) is 6.07 Å². The first-order valence-corrected chi connectivity index (χ1v) is 8.92.